The topological polar surface area (TPSA) is 74.7 Å². The van der Waals surface area contributed by atoms with Crippen molar-refractivity contribution in [2.24, 2.45) is 11.3 Å². The average Bonchev–Trinajstić information content (AvgIpc) is 2.64. The molecule has 0 aromatic carbocycles. The Morgan fingerprint density at radius 2 is 1.90 bits per heavy atom. The first-order chi connectivity index (χ1) is 9.43. The summed E-state index contributed by atoms with van der Waals surface area (Å²) in [5.74, 6) is -1.84. The number of carbonyl (C=O) groups is 3. The van der Waals surface area contributed by atoms with Crippen LogP contribution in [0.5, 0.6) is 0 Å². The van der Waals surface area contributed by atoms with Crippen LogP contribution in [0.15, 0.2) is 0 Å². The molecule has 2 amide bonds. The van der Waals surface area contributed by atoms with E-state index in [0.29, 0.717) is 6.42 Å². The monoisotopic (exact) mass is 281 g/mol. The lowest BCUT2D eigenvalue weighted by atomic mass is 9.73. The van der Waals surface area contributed by atoms with Crippen molar-refractivity contribution in [1.82, 2.24) is 4.90 Å². The first kappa shape index (κ1) is 15.0. The third-order valence-electron chi connectivity index (χ3n) is 4.96. The molecule has 0 aromatic heterocycles. The molecule has 2 aliphatic rings. The molecule has 1 spiro atoms. The minimum atomic E-state index is -1.08. The summed E-state index contributed by atoms with van der Waals surface area (Å²) >= 11 is 0. The van der Waals surface area contributed by atoms with Crippen molar-refractivity contribution in [3.8, 4) is 0 Å². The molecule has 1 saturated carbocycles. The van der Waals surface area contributed by atoms with Gasteiger partial charge in [-0.1, -0.05) is 39.5 Å². The van der Waals surface area contributed by atoms with Crippen molar-refractivity contribution >= 4 is 17.8 Å². The number of carbonyl (C=O) groups excluding carboxylic acids is 2. The summed E-state index contributed by atoms with van der Waals surface area (Å²) in [6, 6.07) is -1.01. The molecule has 2 unspecified atom stereocenters. The van der Waals surface area contributed by atoms with E-state index in [4.69, 9.17) is 0 Å². The maximum absolute atomic E-state index is 12.7. The van der Waals surface area contributed by atoms with E-state index in [1.807, 2.05) is 6.92 Å². The van der Waals surface area contributed by atoms with Gasteiger partial charge in [-0.25, -0.2) is 4.79 Å². The molecule has 0 radical (unpaired) electrons. The van der Waals surface area contributed by atoms with Crippen LogP contribution in [-0.2, 0) is 14.4 Å². The summed E-state index contributed by atoms with van der Waals surface area (Å²) in [6.45, 7) is 3.66. The number of carboxylic acid groups (broad SMARTS) is 1. The van der Waals surface area contributed by atoms with Crippen LogP contribution >= 0.6 is 0 Å². The Kier molecular flexibility index (Phi) is 4.16. The van der Waals surface area contributed by atoms with Crippen molar-refractivity contribution in [3.05, 3.63) is 0 Å². The fourth-order valence-corrected chi connectivity index (χ4v) is 3.55. The van der Waals surface area contributed by atoms with Crippen LogP contribution in [0.1, 0.15) is 58.8 Å². The van der Waals surface area contributed by atoms with Crippen LogP contribution in [0.25, 0.3) is 0 Å². The zero-order valence-electron chi connectivity index (χ0n) is 12.2. The van der Waals surface area contributed by atoms with E-state index in [1.165, 1.54) is 0 Å². The second-order valence-electron chi connectivity index (χ2n) is 6.26. The van der Waals surface area contributed by atoms with Crippen molar-refractivity contribution in [2.45, 2.75) is 64.8 Å². The lowest BCUT2D eigenvalue weighted by Gasteiger charge is -2.33. The predicted octanol–water partition coefficient (Wildman–Crippen LogP) is 2.20. The van der Waals surface area contributed by atoms with E-state index in [9.17, 15) is 19.5 Å². The number of nitrogens with zero attached hydrogens (tertiary/aromatic N) is 1. The first-order valence-electron chi connectivity index (χ1n) is 7.52. The summed E-state index contributed by atoms with van der Waals surface area (Å²) < 4.78 is 0. The highest BCUT2D eigenvalue weighted by atomic mass is 16.4. The molecule has 20 heavy (non-hydrogen) atoms. The molecular weight excluding hydrogens is 258 g/mol. The summed E-state index contributed by atoms with van der Waals surface area (Å²) in [5, 5.41) is 9.41. The van der Waals surface area contributed by atoms with Gasteiger partial charge in [0.25, 0.3) is 0 Å². The molecule has 0 bridgehead atoms. The Bertz CT molecular complexity index is 426. The number of likely N-dealkylation sites (tertiary alicyclic amines) is 1. The molecule has 5 nitrogen and oxygen atoms in total. The molecule has 1 aliphatic carbocycles. The van der Waals surface area contributed by atoms with Gasteiger partial charge in [0.15, 0.2) is 0 Å². The summed E-state index contributed by atoms with van der Waals surface area (Å²) in [5.41, 5.74) is -0.601. The maximum Gasteiger partial charge on any atom is 0.327 e. The summed E-state index contributed by atoms with van der Waals surface area (Å²) in [6.07, 6.45) is 5.27. The van der Waals surface area contributed by atoms with Crippen molar-refractivity contribution < 1.29 is 19.5 Å². The molecule has 112 valence electrons. The molecule has 1 saturated heterocycles. The predicted molar refractivity (Wildman–Crippen MR) is 72.9 cm³/mol. The Balaban J connectivity index is 2.29. The number of hydrogen-bond acceptors (Lipinski definition) is 3. The van der Waals surface area contributed by atoms with E-state index in [-0.39, 0.29) is 24.2 Å². The van der Waals surface area contributed by atoms with E-state index in [0.717, 1.165) is 37.0 Å². The Hall–Kier alpha value is -1.39. The molecule has 5 heteroatoms. The summed E-state index contributed by atoms with van der Waals surface area (Å²) in [4.78, 5) is 37.5. The van der Waals surface area contributed by atoms with E-state index in [2.05, 4.69) is 0 Å². The molecule has 2 rings (SSSR count). The van der Waals surface area contributed by atoms with Gasteiger partial charge in [0.2, 0.25) is 11.8 Å². The molecule has 1 N–H and O–H groups in total. The second kappa shape index (κ2) is 5.54. The Morgan fingerprint density at radius 3 is 2.40 bits per heavy atom. The van der Waals surface area contributed by atoms with Crippen LogP contribution in [0, 0.1) is 11.3 Å². The van der Waals surface area contributed by atoms with E-state index < -0.39 is 17.4 Å². The van der Waals surface area contributed by atoms with Gasteiger partial charge in [0, 0.05) is 6.42 Å². The van der Waals surface area contributed by atoms with Gasteiger partial charge in [0.1, 0.15) is 6.04 Å². The lowest BCUT2D eigenvalue weighted by Crippen LogP contribution is -2.50. The van der Waals surface area contributed by atoms with Gasteiger partial charge in [-0.2, -0.15) is 0 Å². The SMILES string of the molecule is CCC(C)C(C(=O)O)N1C(=O)CC2(CCCCC2)C1=O. The van der Waals surface area contributed by atoms with Crippen LogP contribution in [0.4, 0.5) is 0 Å². The fraction of sp³-hybridized carbons (Fsp3) is 0.800. The number of carboxylic acids is 1. The highest BCUT2D eigenvalue weighted by Gasteiger charge is 2.55. The highest BCUT2D eigenvalue weighted by molar-refractivity contribution is 6.08. The number of hydrogen-bond donors (Lipinski definition) is 1. The van der Waals surface area contributed by atoms with Gasteiger partial charge >= 0.3 is 5.97 Å². The lowest BCUT2D eigenvalue weighted by molar-refractivity contribution is -0.158. The van der Waals surface area contributed by atoms with Gasteiger partial charge < -0.3 is 5.11 Å². The van der Waals surface area contributed by atoms with Gasteiger partial charge in [0.05, 0.1) is 5.41 Å². The minimum Gasteiger partial charge on any atom is -0.480 e. The van der Waals surface area contributed by atoms with Crippen LogP contribution < -0.4 is 0 Å². The summed E-state index contributed by atoms with van der Waals surface area (Å²) in [7, 11) is 0. The van der Waals surface area contributed by atoms with Gasteiger partial charge in [-0.3, -0.25) is 14.5 Å². The zero-order valence-corrected chi connectivity index (χ0v) is 12.2. The Labute approximate surface area is 119 Å². The number of imide groups is 1. The molecule has 2 atom stereocenters. The molecule has 1 aliphatic heterocycles. The molecular formula is C15H23NO4. The molecule has 0 aromatic rings. The largest absolute Gasteiger partial charge is 0.480 e. The van der Waals surface area contributed by atoms with Crippen molar-refractivity contribution in [1.29, 1.82) is 0 Å². The van der Waals surface area contributed by atoms with Crippen LogP contribution in [-0.4, -0.2) is 33.8 Å². The van der Waals surface area contributed by atoms with Crippen molar-refractivity contribution in [2.75, 3.05) is 0 Å². The average molecular weight is 281 g/mol. The van der Waals surface area contributed by atoms with E-state index in [1.54, 1.807) is 6.92 Å². The third kappa shape index (κ3) is 2.34. The smallest absolute Gasteiger partial charge is 0.327 e. The standard InChI is InChI=1S/C15H23NO4/c1-3-10(2)12(13(18)19)16-11(17)9-15(14(16)20)7-5-4-6-8-15/h10,12H,3-9H2,1-2H3,(H,18,19). The zero-order chi connectivity index (χ0) is 14.9. The number of aliphatic carboxylic acids is 1. The minimum absolute atomic E-state index is 0.200. The highest BCUT2D eigenvalue weighted by Crippen LogP contribution is 2.46. The van der Waals surface area contributed by atoms with E-state index >= 15 is 0 Å². The normalized spacial score (nSPS) is 25.0. The second-order valence-corrected chi connectivity index (χ2v) is 6.26. The Morgan fingerprint density at radius 1 is 1.30 bits per heavy atom. The van der Waals surface area contributed by atoms with Gasteiger partial charge in [-0.15, -0.1) is 0 Å². The molecule has 2 fully saturated rings. The number of amides is 2. The van der Waals surface area contributed by atoms with Crippen LogP contribution in [0.3, 0.4) is 0 Å². The quantitative estimate of drug-likeness (QED) is 0.802. The fourth-order valence-electron chi connectivity index (χ4n) is 3.55. The van der Waals surface area contributed by atoms with Crippen LogP contribution in [0.2, 0.25) is 0 Å². The number of rotatable bonds is 4. The molecule has 1 heterocycles. The first-order valence-corrected chi connectivity index (χ1v) is 7.52. The van der Waals surface area contributed by atoms with Crippen molar-refractivity contribution in [3.63, 3.8) is 0 Å². The third-order valence-corrected chi connectivity index (χ3v) is 4.96. The van der Waals surface area contributed by atoms with Gasteiger partial charge in [-0.05, 0) is 18.8 Å². The maximum atomic E-state index is 12.7.